The molecule has 3 rings (SSSR count). The minimum atomic E-state index is 0. The summed E-state index contributed by atoms with van der Waals surface area (Å²) in [5.41, 5.74) is 10.7. The van der Waals surface area contributed by atoms with Crippen molar-refractivity contribution in [2.75, 3.05) is 16.5 Å². The van der Waals surface area contributed by atoms with Crippen LogP contribution in [0.2, 0.25) is 0 Å². The van der Waals surface area contributed by atoms with E-state index in [1.54, 1.807) is 0 Å². The van der Waals surface area contributed by atoms with Gasteiger partial charge < -0.3 is 14.5 Å². The summed E-state index contributed by atoms with van der Waals surface area (Å²) in [7, 11) is 0. The Labute approximate surface area is 158 Å². The van der Waals surface area contributed by atoms with Crippen LogP contribution in [-0.4, -0.2) is 25.0 Å². The molecule has 2 aliphatic rings. The lowest BCUT2D eigenvalue weighted by molar-refractivity contribution is 0.329. The van der Waals surface area contributed by atoms with E-state index in [4.69, 9.17) is 10.3 Å². The fourth-order valence-electron chi connectivity index (χ4n) is 3.35. The molecule has 146 valence electrons. The lowest BCUT2D eigenvalue weighted by Gasteiger charge is -2.35. The van der Waals surface area contributed by atoms with Crippen molar-refractivity contribution >= 4 is 11.4 Å². The topological polar surface area (TPSA) is 64.5 Å². The summed E-state index contributed by atoms with van der Waals surface area (Å²) < 4.78 is 5.47. The fourth-order valence-corrected chi connectivity index (χ4v) is 3.35. The van der Waals surface area contributed by atoms with Crippen LogP contribution in [0.3, 0.4) is 0 Å². The third-order valence-electron chi connectivity index (χ3n) is 4.77. The smallest absolute Gasteiger partial charge is 0.167 e. The maximum absolute atomic E-state index is 8.31. The standard InChI is InChI=1S/C15H23N5O.C4H8.CH4/c1-10(2)19-12(5)20(11(3)4)15-8-13(6-7-14(15)19)21-9-17-18-16;1-2-4-3-1;/h6-8,10-12H,9H2,1-5H3;1-4H2;1H4. The molecule has 6 nitrogen and oxygen atoms in total. The van der Waals surface area contributed by atoms with E-state index in [9.17, 15) is 0 Å². The van der Waals surface area contributed by atoms with E-state index in [1.807, 2.05) is 12.1 Å². The SMILES string of the molecule is C.C1CCC1.CC(C)N1c2ccc(OCN=[N+]=[N-])cc2N(C(C)C)C1C. The molecule has 0 N–H and O–H groups in total. The van der Waals surface area contributed by atoms with Crippen LogP contribution in [0.25, 0.3) is 10.4 Å². The molecule has 0 saturated heterocycles. The van der Waals surface area contributed by atoms with Crippen LogP contribution in [0.5, 0.6) is 5.75 Å². The Kier molecular flexibility index (Phi) is 8.59. The summed E-state index contributed by atoms with van der Waals surface area (Å²) in [5.74, 6) is 0.726. The monoisotopic (exact) mass is 361 g/mol. The first-order valence-corrected chi connectivity index (χ1v) is 9.31. The van der Waals surface area contributed by atoms with Gasteiger partial charge in [-0.15, -0.1) is 0 Å². The molecule has 0 radical (unpaired) electrons. The van der Waals surface area contributed by atoms with Crippen molar-refractivity contribution in [3.8, 4) is 5.75 Å². The number of azide groups is 1. The summed E-state index contributed by atoms with van der Waals surface area (Å²) in [6.07, 6.45) is 6.31. The highest BCUT2D eigenvalue weighted by molar-refractivity contribution is 5.79. The number of benzene rings is 1. The van der Waals surface area contributed by atoms with Gasteiger partial charge in [-0.2, -0.15) is 0 Å². The summed E-state index contributed by atoms with van der Waals surface area (Å²) >= 11 is 0. The highest BCUT2D eigenvalue weighted by Gasteiger charge is 2.35. The Morgan fingerprint density at radius 1 is 1.08 bits per heavy atom. The van der Waals surface area contributed by atoms with Gasteiger partial charge in [-0.05, 0) is 52.3 Å². The van der Waals surface area contributed by atoms with E-state index < -0.39 is 0 Å². The average Bonchev–Trinajstić information content (AvgIpc) is 2.77. The lowest BCUT2D eigenvalue weighted by Crippen LogP contribution is -2.47. The molecule has 1 atom stereocenters. The number of ether oxygens (including phenoxy) is 1. The third-order valence-corrected chi connectivity index (χ3v) is 4.77. The molecule has 26 heavy (non-hydrogen) atoms. The third kappa shape index (κ3) is 4.98. The summed E-state index contributed by atoms with van der Waals surface area (Å²) in [6.45, 7) is 11.0. The number of fused-ring (bicyclic) bond motifs is 1. The highest BCUT2D eigenvalue weighted by atomic mass is 16.5. The predicted octanol–water partition coefficient (Wildman–Crippen LogP) is 6.32. The summed E-state index contributed by atoms with van der Waals surface area (Å²) in [6, 6.07) is 6.87. The summed E-state index contributed by atoms with van der Waals surface area (Å²) in [4.78, 5) is 7.49. The second-order valence-electron chi connectivity index (χ2n) is 7.20. The van der Waals surface area contributed by atoms with Gasteiger partial charge >= 0.3 is 0 Å². The second-order valence-corrected chi connectivity index (χ2v) is 7.20. The van der Waals surface area contributed by atoms with Crippen molar-refractivity contribution in [1.82, 2.24) is 0 Å². The van der Waals surface area contributed by atoms with E-state index in [-0.39, 0.29) is 14.2 Å². The molecule has 0 aromatic heterocycles. The molecule has 1 aromatic rings. The van der Waals surface area contributed by atoms with E-state index in [0.717, 1.165) is 5.75 Å². The lowest BCUT2D eigenvalue weighted by atomic mass is 10.0. The van der Waals surface area contributed by atoms with E-state index in [0.29, 0.717) is 18.2 Å². The van der Waals surface area contributed by atoms with Crippen molar-refractivity contribution in [2.45, 2.75) is 86.0 Å². The van der Waals surface area contributed by atoms with E-state index >= 15 is 0 Å². The van der Waals surface area contributed by atoms with Gasteiger partial charge in [0.1, 0.15) is 5.75 Å². The first kappa shape index (κ1) is 22.0. The Balaban J connectivity index is 0.000000596. The fraction of sp³-hybridized carbons (Fsp3) is 0.700. The van der Waals surface area contributed by atoms with Crippen LogP contribution < -0.4 is 14.5 Å². The van der Waals surface area contributed by atoms with E-state index in [2.05, 4.69) is 60.5 Å². The van der Waals surface area contributed by atoms with Gasteiger partial charge in [-0.3, -0.25) is 0 Å². The molecular formula is C20H35N5O. The normalized spacial score (nSPS) is 17.6. The molecule has 0 spiro atoms. The number of rotatable bonds is 5. The number of hydrogen-bond acceptors (Lipinski definition) is 4. The minimum Gasteiger partial charge on any atom is -0.487 e. The number of hydrogen-bond donors (Lipinski definition) is 0. The molecule has 1 saturated carbocycles. The predicted molar refractivity (Wildman–Crippen MR) is 111 cm³/mol. The highest BCUT2D eigenvalue weighted by Crippen LogP contribution is 2.43. The van der Waals surface area contributed by atoms with Crippen LogP contribution in [0, 0.1) is 0 Å². The van der Waals surface area contributed by atoms with Gasteiger partial charge in [0.15, 0.2) is 6.73 Å². The first-order chi connectivity index (χ1) is 12.0. The van der Waals surface area contributed by atoms with Gasteiger partial charge in [0.05, 0.1) is 17.5 Å². The van der Waals surface area contributed by atoms with E-state index in [1.165, 1.54) is 37.1 Å². The van der Waals surface area contributed by atoms with Crippen LogP contribution in [0.4, 0.5) is 11.4 Å². The molecule has 1 heterocycles. The Hall–Kier alpha value is -2.07. The zero-order chi connectivity index (χ0) is 18.4. The molecule has 1 fully saturated rings. The van der Waals surface area contributed by atoms with Crippen molar-refractivity contribution in [2.24, 2.45) is 5.11 Å². The van der Waals surface area contributed by atoms with Gasteiger partial charge in [0.25, 0.3) is 0 Å². The number of nitrogens with zero attached hydrogens (tertiary/aromatic N) is 5. The zero-order valence-electron chi connectivity index (χ0n) is 16.1. The average molecular weight is 362 g/mol. The molecule has 1 aliphatic carbocycles. The molecule has 6 heteroatoms. The first-order valence-electron chi connectivity index (χ1n) is 9.31. The van der Waals surface area contributed by atoms with Crippen molar-refractivity contribution < 1.29 is 4.74 Å². The maximum Gasteiger partial charge on any atom is 0.167 e. The second kappa shape index (κ2) is 10.2. The Morgan fingerprint density at radius 2 is 1.62 bits per heavy atom. The molecule has 0 amide bonds. The zero-order valence-corrected chi connectivity index (χ0v) is 16.1. The van der Waals surface area contributed by atoms with Crippen molar-refractivity contribution in [3.05, 3.63) is 28.6 Å². The van der Waals surface area contributed by atoms with Gasteiger partial charge in [-0.25, -0.2) is 0 Å². The van der Waals surface area contributed by atoms with Crippen LogP contribution >= 0.6 is 0 Å². The molecular weight excluding hydrogens is 326 g/mol. The van der Waals surface area contributed by atoms with Gasteiger partial charge in [0, 0.05) is 23.1 Å². The Morgan fingerprint density at radius 3 is 2.08 bits per heavy atom. The minimum absolute atomic E-state index is 0. The van der Waals surface area contributed by atoms with Gasteiger partial charge in [-0.1, -0.05) is 38.2 Å². The number of anilines is 2. The maximum atomic E-state index is 8.31. The largest absolute Gasteiger partial charge is 0.487 e. The molecule has 1 unspecified atom stereocenters. The van der Waals surface area contributed by atoms with Crippen molar-refractivity contribution in [3.63, 3.8) is 0 Å². The molecule has 1 aliphatic heterocycles. The molecule has 0 bridgehead atoms. The quantitative estimate of drug-likeness (QED) is 0.350. The molecule has 1 aromatic carbocycles. The van der Waals surface area contributed by atoms with Crippen molar-refractivity contribution in [1.29, 1.82) is 0 Å². The Bertz CT molecular complexity index is 602. The van der Waals surface area contributed by atoms with Crippen LogP contribution in [-0.2, 0) is 0 Å². The van der Waals surface area contributed by atoms with Gasteiger partial charge in [0.2, 0.25) is 0 Å². The van der Waals surface area contributed by atoms with Crippen LogP contribution in [0.15, 0.2) is 23.3 Å². The van der Waals surface area contributed by atoms with Crippen LogP contribution in [0.1, 0.15) is 67.7 Å². The summed E-state index contributed by atoms with van der Waals surface area (Å²) in [5, 5.41) is 3.41.